The quantitative estimate of drug-likeness (QED) is 0.677. The third kappa shape index (κ3) is 9.90. The zero-order valence-electron chi connectivity index (χ0n) is 16.6. The molecule has 0 saturated heterocycles. The lowest BCUT2D eigenvalue weighted by Gasteiger charge is -2.38. The Morgan fingerprint density at radius 3 is 1.74 bits per heavy atom. The molecule has 0 aromatic rings. The lowest BCUT2D eigenvalue weighted by Crippen LogP contribution is -2.52. The van der Waals surface area contributed by atoms with E-state index in [1.54, 1.807) is 0 Å². The van der Waals surface area contributed by atoms with Gasteiger partial charge >= 0.3 is 0 Å². The van der Waals surface area contributed by atoms with Gasteiger partial charge in [-0.1, -0.05) is 34.6 Å². The van der Waals surface area contributed by atoms with Crippen molar-refractivity contribution in [2.45, 2.75) is 92.4 Å². The predicted octanol–water partition coefficient (Wildman–Crippen LogP) is 4.30. The van der Waals surface area contributed by atoms with E-state index in [0.29, 0.717) is 0 Å². The van der Waals surface area contributed by atoms with Crippen LogP contribution in [0.15, 0.2) is 0 Å². The van der Waals surface area contributed by atoms with Crippen LogP contribution in [0.5, 0.6) is 0 Å². The molecule has 5 heteroatoms. The molecular weight excluding hydrogens is 308 g/mol. The summed E-state index contributed by atoms with van der Waals surface area (Å²) in [6, 6.07) is 0. The molecule has 2 amide bonds. The number of amides is 2. The molecule has 0 unspecified atom stereocenters. The molecule has 2 N–H and O–H groups in total. The first kappa shape index (κ1) is 22.3. The standard InChI is InChI=1S/C18H36N2O2S/c1-13(21)20-23-18(9,10)12-17(7,8)19-14(22)16(5,6)11-15(2,3)4/h11-12H2,1-10H3,(H,19,22)(H,20,21). The van der Waals surface area contributed by atoms with E-state index in [0.717, 1.165) is 12.8 Å². The maximum absolute atomic E-state index is 12.7. The third-order valence-electron chi connectivity index (χ3n) is 3.38. The molecular formula is C18H36N2O2S. The molecule has 23 heavy (non-hydrogen) atoms. The molecule has 0 bridgehead atoms. The van der Waals surface area contributed by atoms with E-state index in [2.05, 4.69) is 44.7 Å². The monoisotopic (exact) mass is 344 g/mol. The van der Waals surface area contributed by atoms with Crippen molar-refractivity contribution >= 4 is 23.8 Å². The van der Waals surface area contributed by atoms with Crippen molar-refractivity contribution in [1.82, 2.24) is 10.0 Å². The van der Waals surface area contributed by atoms with Crippen LogP contribution in [0.4, 0.5) is 0 Å². The van der Waals surface area contributed by atoms with Gasteiger partial charge in [0.2, 0.25) is 11.8 Å². The average molecular weight is 345 g/mol. The first-order valence-corrected chi connectivity index (χ1v) is 9.05. The largest absolute Gasteiger partial charge is 0.351 e. The Morgan fingerprint density at radius 1 is 0.870 bits per heavy atom. The van der Waals surface area contributed by atoms with Crippen LogP contribution in [-0.4, -0.2) is 22.1 Å². The lowest BCUT2D eigenvalue weighted by atomic mass is 9.75. The molecule has 0 radical (unpaired) electrons. The van der Waals surface area contributed by atoms with Crippen LogP contribution in [0.3, 0.4) is 0 Å². The number of hydrogen-bond acceptors (Lipinski definition) is 3. The first-order chi connectivity index (χ1) is 9.96. The average Bonchev–Trinajstić information content (AvgIpc) is 2.20. The van der Waals surface area contributed by atoms with Crippen LogP contribution in [0.2, 0.25) is 0 Å². The van der Waals surface area contributed by atoms with Crippen molar-refractivity contribution < 1.29 is 9.59 Å². The fourth-order valence-electron chi connectivity index (χ4n) is 3.24. The summed E-state index contributed by atoms with van der Waals surface area (Å²) in [5.41, 5.74) is -0.656. The summed E-state index contributed by atoms with van der Waals surface area (Å²) in [5.74, 6) is 0.0222. The topological polar surface area (TPSA) is 58.2 Å². The van der Waals surface area contributed by atoms with Gasteiger partial charge in [-0.05, 0) is 57.9 Å². The minimum absolute atomic E-state index is 0.0590. The third-order valence-corrected chi connectivity index (χ3v) is 4.46. The minimum Gasteiger partial charge on any atom is -0.351 e. The normalized spacial score (nSPS) is 13.7. The van der Waals surface area contributed by atoms with Gasteiger partial charge in [0, 0.05) is 22.6 Å². The van der Waals surface area contributed by atoms with Crippen molar-refractivity contribution in [3.8, 4) is 0 Å². The summed E-state index contributed by atoms with van der Waals surface area (Å²) in [4.78, 5) is 23.8. The number of carbonyl (C=O) groups excluding carboxylic acids is 2. The Kier molecular flexibility index (Phi) is 7.22. The number of carbonyl (C=O) groups is 2. The van der Waals surface area contributed by atoms with E-state index >= 15 is 0 Å². The van der Waals surface area contributed by atoms with E-state index in [-0.39, 0.29) is 27.5 Å². The fourth-order valence-corrected chi connectivity index (χ4v) is 4.09. The van der Waals surface area contributed by atoms with Gasteiger partial charge in [0.05, 0.1) is 0 Å². The van der Waals surface area contributed by atoms with E-state index in [4.69, 9.17) is 0 Å². The summed E-state index contributed by atoms with van der Waals surface area (Å²) < 4.78 is 2.62. The molecule has 0 atom stereocenters. The zero-order chi connectivity index (χ0) is 18.7. The molecule has 0 aliphatic carbocycles. The zero-order valence-corrected chi connectivity index (χ0v) is 17.5. The highest BCUT2D eigenvalue weighted by Gasteiger charge is 2.37. The van der Waals surface area contributed by atoms with Gasteiger partial charge in [-0.15, -0.1) is 0 Å². The van der Waals surface area contributed by atoms with Gasteiger partial charge in [0.15, 0.2) is 0 Å². The van der Waals surface area contributed by atoms with E-state index < -0.39 is 5.41 Å². The summed E-state index contributed by atoms with van der Waals surface area (Å²) in [5, 5.41) is 3.20. The Hall–Kier alpha value is -0.710. The lowest BCUT2D eigenvalue weighted by molar-refractivity contribution is -0.132. The second kappa shape index (κ2) is 7.45. The van der Waals surface area contributed by atoms with Crippen LogP contribution in [-0.2, 0) is 9.59 Å². The number of rotatable bonds is 7. The van der Waals surface area contributed by atoms with E-state index in [1.807, 2.05) is 27.7 Å². The summed E-state index contributed by atoms with van der Waals surface area (Å²) in [7, 11) is 0. The minimum atomic E-state index is -0.412. The Bertz CT molecular complexity index is 435. The molecule has 0 fully saturated rings. The Morgan fingerprint density at radius 2 is 1.35 bits per heavy atom. The van der Waals surface area contributed by atoms with E-state index in [1.165, 1.54) is 18.9 Å². The molecule has 0 heterocycles. The van der Waals surface area contributed by atoms with Crippen LogP contribution < -0.4 is 10.0 Å². The summed E-state index contributed by atoms with van der Waals surface area (Å²) in [6.45, 7) is 20.2. The molecule has 0 saturated carbocycles. The first-order valence-electron chi connectivity index (χ1n) is 8.23. The van der Waals surface area contributed by atoms with Crippen molar-refractivity contribution in [3.63, 3.8) is 0 Å². The van der Waals surface area contributed by atoms with Gasteiger partial charge in [0.1, 0.15) is 0 Å². The van der Waals surface area contributed by atoms with E-state index in [9.17, 15) is 9.59 Å². The Balaban J connectivity index is 4.84. The highest BCUT2D eigenvalue weighted by molar-refractivity contribution is 7.99. The maximum atomic E-state index is 12.7. The molecule has 0 aromatic carbocycles. The number of hydrogen-bond donors (Lipinski definition) is 2. The van der Waals surface area contributed by atoms with Crippen molar-refractivity contribution in [2.24, 2.45) is 10.8 Å². The molecule has 0 aliphatic rings. The predicted molar refractivity (Wildman–Crippen MR) is 100 cm³/mol. The van der Waals surface area contributed by atoms with Crippen LogP contribution in [0, 0.1) is 10.8 Å². The maximum Gasteiger partial charge on any atom is 0.226 e. The summed E-state index contributed by atoms with van der Waals surface area (Å²) in [6.07, 6.45) is 1.58. The van der Waals surface area contributed by atoms with Crippen molar-refractivity contribution in [2.75, 3.05) is 0 Å². The van der Waals surface area contributed by atoms with Gasteiger partial charge in [-0.25, -0.2) is 0 Å². The molecule has 136 valence electrons. The molecule has 0 rings (SSSR count). The van der Waals surface area contributed by atoms with Crippen LogP contribution in [0.1, 0.15) is 82.1 Å². The van der Waals surface area contributed by atoms with Crippen LogP contribution >= 0.6 is 11.9 Å². The SMILES string of the molecule is CC(=O)NSC(C)(C)CC(C)(C)NC(=O)C(C)(C)CC(C)(C)C. The second-order valence-electron chi connectivity index (χ2n) is 9.66. The highest BCUT2D eigenvalue weighted by atomic mass is 32.2. The van der Waals surface area contributed by atoms with Crippen molar-refractivity contribution in [1.29, 1.82) is 0 Å². The highest BCUT2D eigenvalue weighted by Crippen LogP contribution is 2.35. The second-order valence-corrected chi connectivity index (χ2v) is 11.2. The van der Waals surface area contributed by atoms with Gasteiger partial charge in [-0.2, -0.15) is 0 Å². The molecule has 0 spiro atoms. The van der Waals surface area contributed by atoms with Gasteiger partial charge < -0.3 is 5.32 Å². The van der Waals surface area contributed by atoms with Crippen molar-refractivity contribution in [3.05, 3.63) is 0 Å². The van der Waals surface area contributed by atoms with Crippen LogP contribution in [0.25, 0.3) is 0 Å². The fraction of sp³-hybridized carbons (Fsp3) is 0.889. The van der Waals surface area contributed by atoms with Gasteiger partial charge in [-0.3, -0.25) is 14.3 Å². The Labute approximate surface area is 147 Å². The smallest absolute Gasteiger partial charge is 0.226 e. The van der Waals surface area contributed by atoms with Gasteiger partial charge in [0.25, 0.3) is 0 Å². The molecule has 4 nitrogen and oxygen atoms in total. The molecule has 0 aromatic heterocycles. The summed E-state index contributed by atoms with van der Waals surface area (Å²) >= 11 is 1.41. The number of nitrogens with one attached hydrogen (secondary N) is 2. The molecule has 0 aliphatic heterocycles.